The van der Waals surface area contributed by atoms with Gasteiger partial charge < -0.3 is 0 Å². The molecule has 0 aromatic carbocycles. The van der Waals surface area contributed by atoms with Gasteiger partial charge in [-0.2, -0.15) is 0 Å². The van der Waals surface area contributed by atoms with Crippen LogP contribution in [-0.2, 0) is 23.0 Å². The maximum atomic E-state index is 8.59. The molecule has 0 radical (unpaired) electrons. The van der Waals surface area contributed by atoms with Crippen molar-refractivity contribution in [1.29, 1.82) is 0 Å². The third-order valence-electron chi connectivity index (χ3n) is 0. The topological polar surface area (TPSA) is 241 Å². The second-order valence-electron chi connectivity index (χ2n) is 1.22. The van der Waals surface area contributed by atoms with Crippen molar-refractivity contribution >= 4 is 74.8 Å². The van der Waals surface area contributed by atoms with Crippen molar-refractivity contribution in [3.05, 3.63) is 0 Å². The minimum atomic E-state index is -5.75. The zero-order chi connectivity index (χ0) is 13.5. The molecule has 0 aromatic heterocycles. The monoisotopic (exact) mass is 486 g/mol. The molecule has 0 atom stereocenters. The summed E-state index contributed by atoms with van der Waals surface area (Å²) in [5.41, 5.74) is 0. The van der Waals surface area contributed by atoms with Crippen molar-refractivity contribution < 1.29 is 48.1 Å². The molecule has 0 spiro atoms. The van der Waals surface area contributed by atoms with Gasteiger partial charge in [0.25, 0.3) is 0 Å². The molecule has 0 fully saturated rings. The van der Waals surface area contributed by atoms with Gasteiger partial charge in [-0.15, -0.1) is 0 Å². The first kappa shape index (κ1) is 30.9. The normalized spacial score (nSPS) is 10.2. The van der Waals surface area contributed by atoms with E-state index in [2.05, 4.69) is 0 Å². The Bertz CT molecular complexity index is 341. The van der Waals surface area contributed by atoms with Gasteiger partial charge in [0.15, 0.2) is 0 Å². The van der Waals surface area contributed by atoms with Crippen LogP contribution < -0.4 is 25.1 Å². The maximum Gasteiger partial charge on any atom is 3.00 e. The van der Waals surface area contributed by atoms with E-state index < -0.39 is 40.1 Å². The SMILES string of the molecule is O=[Se](=O)([O-])[O-].O=[Se](=O)([O-])[O-].O=[Se](=O)([O-])[O-].[Al+3].[Al+3]. The fraction of sp³-hybridized carbons (Fsp3) is 0. The second-order valence-corrected chi connectivity index (χ2v) is 6.36. The number of hydrogen-bond acceptors (Lipinski definition) is 12. The van der Waals surface area contributed by atoms with Crippen molar-refractivity contribution in [1.82, 2.24) is 0 Å². The van der Waals surface area contributed by atoms with Crippen LogP contribution in [-0.4, -0.2) is 74.8 Å². The zero-order valence-electron chi connectivity index (χ0n) is 7.28. The average Bonchev–Trinajstić information content (AvgIpc) is 1.41. The molecular formula is Al2O12Se3. The van der Waals surface area contributed by atoms with Gasteiger partial charge >= 0.3 is 123 Å². The Kier molecular flexibility index (Phi) is 22.2. The van der Waals surface area contributed by atoms with Crippen LogP contribution in [0.25, 0.3) is 0 Å². The molecule has 17 heteroatoms. The van der Waals surface area contributed by atoms with Gasteiger partial charge in [0.05, 0.1) is 0 Å². The van der Waals surface area contributed by atoms with E-state index in [0.29, 0.717) is 0 Å². The molecule has 12 nitrogen and oxygen atoms in total. The largest absolute Gasteiger partial charge is 3.00 e. The summed E-state index contributed by atoms with van der Waals surface area (Å²) in [4.78, 5) is 0. The van der Waals surface area contributed by atoms with Crippen molar-refractivity contribution in [3.8, 4) is 0 Å². The van der Waals surface area contributed by atoms with Crippen molar-refractivity contribution in [3.63, 3.8) is 0 Å². The summed E-state index contributed by atoms with van der Waals surface area (Å²) in [6, 6.07) is 0. The predicted octanol–water partition coefficient (Wildman–Crippen LogP) is -9.75. The molecule has 0 amide bonds. The summed E-state index contributed by atoms with van der Waals surface area (Å²) in [5.74, 6) is 0. The summed E-state index contributed by atoms with van der Waals surface area (Å²) in [7, 11) is 0. The Hall–Kier alpha value is 1.18. The molecule has 0 aliphatic heterocycles. The molecule has 0 rings (SSSR count). The van der Waals surface area contributed by atoms with E-state index in [1.165, 1.54) is 0 Å². The van der Waals surface area contributed by atoms with Gasteiger partial charge in [-0.05, 0) is 0 Å². The van der Waals surface area contributed by atoms with E-state index in [1.54, 1.807) is 0 Å². The third-order valence-corrected chi connectivity index (χ3v) is 0. The van der Waals surface area contributed by atoms with Crippen LogP contribution in [0.2, 0.25) is 0 Å². The third kappa shape index (κ3) is 2830. The minimum absolute atomic E-state index is 0. The summed E-state index contributed by atoms with van der Waals surface area (Å²) in [6.45, 7) is 0. The summed E-state index contributed by atoms with van der Waals surface area (Å²) in [5, 5.41) is 0. The van der Waals surface area contributed by atoms with Crippen LogP contribution in [0.5, 0.6) is 0 Å². The van der Waals surface area contributed by atoms with Gasteiger partial charge in [0.2, 0.25) is 0 Å². The Morgan fingerprint density at radius 3 is 0.412 bits per heavy atom. The van der Waals surface area contributed by atoms with E-state index >= 15 is 0 Å². The van der Waals surface area contributed by atoms with E-state index in [-0.39, 0.29) is 34.7 Å². The van der Waals surface area contributed by atoms with Crippen LogP contribution in [0.1, 0.15) is 0 Å². The standard InChI is InChI=1S/2Al.3H2O4Se/c;;3*1-5(2,3)4/h;;3*(H2,1,2,3,4)/q2*+3;;;/p-6. The summed E-state index contributed by atoms with van der Waals surface area (Å²) in [6.07, 6.45) is 0. The van der Waals surface area contributed by atoms with Crippen LogP contribution in [0.4, 0.5) is 0 Å². The van der Waals surface area contributed by atoms with Crippen LogP contribution in [0, 0.1) is 0 Å². The van der Waals surface area contributed by atoms with Crippen molar-refractivity contribution in [2.45, 2.75) is 0 Å². The molecule has 0 heterocycles. The first-order valence-electron chi connectivity index (χ1n) is 2.00. The molecule has 0 unspecified atom stereocenters. The molecule has 0 aliphatic rings. The Labute approximate surface area is 122 Å². The van der Waals surface area contributed by atoms with Gasteiger partial charge in [-0.25, -0.2) is 0 Å². The molecule has 0 aromatic rings. The van der Waals surface area contributed by atoms with Gasteiger partial charge in [-0.3, -0.25) is 0 Å². The van der Waals surface area contributed by atoms with Crippen molar-refractivity contribution in [2.24, 2.45) is 0 Å². The fourth-order valence-electron chi connectivity index (χ4n) is 0. The summed E-state index contributed by atoms with van der Waals surface area (Å²) >= 11 is -17.2. The predicted molar refractivity (Wildman–Crippen MR) is 32.9 cm³/mol. The molecule has 0 aliphatic carbocycles. The van der Waals surface area contributed by atoms with E-state index in [0.717, 1.165) is 0 Å². The minimum Gasteiger partial charge on any atom is 3.00 e. The Balaban J connectivity index is -0.0000000400. The molecule has 17 heavy (non-hydrogen) atoms. The van der Waals surface area contributed by atoms with E-state index in [9.17, 15) is 0 Å². The van der Waals surface area contributed by atoms with Gasteiger partial charge in [0, 0.05) is 0 Å². The van der Waals surface area contributed by atoms with Crippen LogP contribution in [0.15, 0.2) is 0 Å². The van der Waals surface area contributed by atoms with Crippen molar-refractivity contribution in [2.75, 3.05) is 0 Å². The molecule has 0 saturated carbocycles. The molecule has 0 N–H and O–H groups in total. The fourth-order valence-corrected chi connectivity index (χ4v) is 0. The van der Waals surface area contributed by atoms with Gasteiger partial charge in [0.1, 0.15) is 0 Å². The second kappa shape index (κ2) is 12.2. The maximum absolute atomic E-state index is 8.59. The number of hydrogen-bond donors (Lipinski definition) is 0. The van der Waals surface area contributed by atoms with E-state index in [4.69, 9.17) is 48.1 Å². The average molecular weight is 483 g/mol. The molecule has 0 bridgehead atoms. The number of rotatable bonds is 0. The Morgan fingerprint density at radius 2 is 0.412 bits per heavy atom. The molecule has 96 valence electrons. The first-order valence-corrected chi connectivity index (χ1v) is 10.4. The smallest absolute Gasteiger partial charge is 3.00 e. The van der Waals surface area contributed by atoms with Crippen LogP contribution >= 0.6 is 0 Å². The van der Waals surface area contributed by atoms with E-state index in [1.807, 2.05) is 0 Å². The molecular weight excluding hydrogens is 483 g/mol. The molecule has 0 saturated heterocycles. The van der Waals surface area contributed by atoms with Crippen LogP contribution in [0.3, 0.4) is 0 Å². The zero-order valence-corrected chi connectivity index (χ0v) is 14.7. The first-order chi connectivity index (χ1) is 6.00. The quantitative estimate of drug-likeness (QED) is 0.292. The summed E-state index contributed by atoms with van der Waals surface area (Å²) < 4.78 is 103. The van der Waals surface area contributed by atoms with Gasteiger partial charge in [-0.1, -0.05) is 0 Å². The Morgan fingerprint density at radius 1 is 0.412 bits per heavy atom.